The van der Waals surface area contributed by atoms with Crippen molar-refractivity contribution >= 4 is 23.3 Å². The molecule has 0 spiro atoms. The van der Waals surface area contributed by atoms with Crippen LogP contribution in [0.4, 0.5) is 0 Å². The average molecular weight is 289 g/mol. The Morgan fingerprint density at radius 1 is 1.44 bits per heavy atom. The van der Waals surface area contributed by atoms with Gasteiger partial charge in [-0.2, -0.15) is 4.37 Å². The van der Waals surface area contributed by atoms with Crippen molar-refractivity contribution in [3.05, 3.63) is 5.82 Å². The van der Waals surface area contributed by atoms with Gasteiger partial charge in [-0.15, -0.1) is 0 Å². The lowest BCUT2D eigenvalue weighted by Crippen LogP contribution is -2.43. The Morgan fingerprint density at radius 2 is 2.22 bits per heavy atom. The van der Waals surface area contributed by atoms with E-state index in [2.05, 4.69) is 28.5 Å². The number of rotatable bonds is 9. The number of likely N-dealkylation sites (N-methyl/N-ethyl adjacent to an activating group) is 1. The Balaban J connectivity index is 2.15. The molecule has 0 fully saturated rings. The molecule has 0 radical (unpaired) electrons. The second-order valence-corrected chi connectivity index (χ2v) is 6.70. The molecule has 1 unspecified atom stereocenters. The molecular formula is C12H23N3OS2. The van der Waals surface area contributed by atoms with E-state index in [1.807, 2.05) is 7.05 Å². The van der Waals surface area contributed by atoms with E-state index in [-0.39, 0.29) is 12.1 Å². The molecule has 1 aromatic heterocycles. The van der Waals surface area contributed by atoms with E-state index < -0.39 is 0 Å². The Hall–Kier alpha value is -0.170. The lowest BCUT2D eigenvalue weighted by Gasteiger charge is -2.26. The van der Waals surface area contributed by atoms with Crippen molar-refractivity contribution in [1.29, 1.82) is 0 Å². The SMILES string of the molecule is CCc1nsc(SCCCCC(C)(CO)NC)n1. The lowest BCUT2D eigenvalue weighted by molar-refractivity contribution is 0.171. The van der Waals surface area contributed by atoms with Crippen LogP contribution in [-0.4, -0.2) is 39.4 Å². The zero-order valence-electron chi connectivity index (χ0n) is 11.4. The maximum Gasteiger partial charge on any atom is 0.170 e. The van der Waals surface area contributed by atoms with Gasteiger partial charge in [0.15, 0.2) is 4.34 Å². The van der Waals surface area contributed by atoms with Gasteiger partial charge in [-0.25, -0.2) is 4.98 Å². The van der Waals surface area contributed by atoms with Gasteiger partial charge in [-0.3, -0.25) is 0 Å². The third kappa shape index (κ3) is 5.22. The van der Waals surface area contributed by atoms with Gasteiger partial charge < -0.3 is 10.4 Å². The minimum atomic E-state index is -0.136. The minimum Gasteiger partial charge on any atom is -0.394 e. The van der Waals surface area contributed by atoms with Crippen LogP contribution in [-0.2, 0) is 6.42 Å². The van der Waals surface area contributed by atoms with Crippen LogP contribution in [0.25, 0.3) is 0 Å². The van der Waals surface area contributed by atoms with Crippen molar-refractivity contribution in [3.8, 4) is 0 Å². The summed E-state index contributed by atoms with van der Waals surface area (Å²) in [4.78, 5) is 4.43. The summed E-state index contributed by atoms with van der Waals surface area (Å²) < 4.78 is 5.34. The maximum atomic E-state index is 9.27. The summed E-state index contributed by atoms with van der Waals surface area (Å²) in [5, 5.41) is 12.4. The predicted molar refractivity (Wildman–Crippen MR) is 78.4 cm³/mol. The highest BCUT2D eigenvalue weighted by atomic mass is 32.2. The number of hydrogen-bond acceptors (Lipinski definition) is 6. The molecule has 0 aliphatic carbocycles. The average Bonchev–Trinajstić information content (AvgIpc) is 2.86. The molecule has 1 aromatic rings. The molecule has 6 heteroatoms. The number of unbranched alkanes of at least 4 members (excludes halogenated alkanes) is 1. The van der Waals surface area contributed by atoms with Gasteiger partial charge in [0.2, 0.25) is 0 Å². The molecule has 0 aromatic carbocycles. The minimum absolute atomic E-state index is 0.136. The number of aryl methyl sites for hydroxylation is 1. The van der Waals surface area contributed by atoms with Crippen molar-refractivity contribution in [1.82, 2.24) is 14.7 Å². The fraction of sp³-hybridized carbons (Fsp3) is 0.833. The molecule has 1 rings (SSSR count). The van der Waals surface area contributed by atoms with E-state index in [4.69, 9.17) is 0 Å². The molecule has 104 valence electrons. The zero-order valence-corrected chi connectivity index (χ0v) is 13.0. The highest BCUT2D eigenvalue weighted by molar-refractivity contribution is 8.00. The number of nitrogens with zero attached hydrogens (tertiary/aromatic N) is 2. The van der Waals surface area contributed by atoms with Gasteiger partial charge in [0, 0.05) is 17.7 Å². The molecule has 4 nitrogen and oxygen atoms in total. The van der Waals surface area contributed by atoms with Crippen molar-refractivity contribution < 1.29 is 5.11 Å². The molecule has 0 bridgehead atoms. The number of thioether (sulfide) groups is 1. The van der Waals surface area contributed by atoms with Crippen molar-refractivity contribution in [3.63, 3.8) is 0 Å². The molecule has 2 N–H and O–H groups in total. The number of nitrogens with one attached hydrogen (secondary N) is 1. The number of hydrogen-bond donors (Lipinski definition) is 2. The maximum absolute atomic E-state index is 9.27. The van der Waals surface area contributed by atoms with Crippen molar-refractivity contribution in [2.24, 2.45) is 0 Å². The zero-order chi connectivity index (χ0) is 13.4. The smallest absolute Gasteiger partial charge is 0.170 e. The van der Waals surface area contributed by atoms with Gasteiger partial charge in [0.1, 0.15) is 5.82 Å². The summed E-state index contributed by atoms with van der Waals surface area (Å²) in [6.07, 6.45) is 4.16. The summed E-state index contributed by atoms with van der Waals surface area (Å²) in [6.45, 7) is 4.31. The van der Waals surface area contributed by atoms with Crippen molar-refractivity contribution in [2.45, 2.75) is 49.4 Å². The second kappa shape index (κ2) is 8.09. The number of aliphatic hydroxyl groups is 1. The van der Waals surface area contributed by atoms with Crippen LogP contribution in [0, 0.1) is 0 Å². The monoisotopic (exact) mass is 289 g/mol. The van der Waals surface area contributed by atoms with Gasteiger partial charge in [-0.1, -0.05) is 25.1 Å². The first-order valence-corrected chi connectivity index (χ1v) is 8.14. The third-order valence-corrected chi connectivity index (χ3v) is 5.02. The molecule has 0 amide bonds. The molecule has 1 atom stereocenters. The van der Waals surface area contributed by atoms with E-state index >= 15 is 0 Å². The fourth-order valence-electron chi connectivity index (χ4n) is 1.50. The van der Waals surface area contributed by atoms with E-state index in [1.54, 1.807) is 11.8 Å². The normalized spacial score (nSPS) is 14.7. The van der Waals surface area contributed by atoms with E-state index in [9.17, 15) is 5.11 Å². The van der Waals surface area contributed by atoms with Crippen molar-refractivity contribution in [2.75, 3.05) is 19.4 Å². The molecule has 0 aliphatic rings. The summed E-state index contributed by atoms with van der Waals surface area (Å²) >= 11 is 3.28. The number of aliphatic hydroxyl groups excluding tert-OH is 1. The van der Waals surface area contributed by atoms with Gasteiger partial charge in [0.05, 0.1) is 6.61 Å². The molecule has 18 heavy (non-hydrogen) atoms. The van der Waals surface area contributed by atoms with Crippen LogP contribution >= 0.6 is 23.3 Å². The van der Waals surface area contributed by atoms with Gasteiger partial charge in [0.25, 0.3) is 0 Å². The fourth-order valence-corrected chi connectivity index (χ4v) is 3.27. The van der Waals surface area contributed by atoms with Crippen LogP contribution in [0.2, 0.25) is 0 Å². The van der Waals surface area contributed by atoms with Gasteiger partial charge >= 0.3 is 0 Å². The van der Waals surface area contributed by atoms with Crippen LogP contribution in [0.15, 0.2) is 4.34 Å². The third-order valence-electron chi connectivity index (χ3n) is 3.07. The van der Waals surface area contributed by atoms with Crippen LogP contribution < -0.4 is 5.32 Å². The topological polar surface area (TPSA) is 58.0 Å². The first-order valence-electron chi connectivity index (χ1n) is 6.38. The standard InChI is InChI=1S/C12H23N3OS2/c1-4-10-14-11(18-15-10)17-8-6-5-7-12(2,9-16)13-3/h13,16H,4-9H2,1-3H3. The van der Waals surface area contributed by atoms with Crippen LogP contribution in [0.3, 0.4) is 0 Å². The predicted octanol–water partition coefficient (Wildman–Crippen LogP) is 2.33. The first kappa shape index (κ1) is 15.9. The largest absolute Gasteiger partial charge is 0.394 e. The molecule has 1 heterocycles. The molecule has 0 aliphatic heterocycles. The van der Waals surface area contributed by atoms with Gasteiger partial charge in [-0.05, 0) is 38.3 Å². The summed E-state index contributed by atoms with van der Waals surface area (Å²) in [5.41, 5.74) is -0.136. The van der Waals surface area contributed by atoms with E-state index in [0.717, 1.165) is 41.6 Å². The van der Waals surface area contributed by atoms with E-state index in [0.29, 0.717) is 0 Å². The highest BCUT2D eigenvalue weighted by Crippen LogP contribution is 2.22. The molecule has 0 saturated carbocycles. The van der Waals surface area contributed by atoms with Crippen LogP contribution in [0.1, 0.15) is 38.9 Å². The second-order valence-electron chi connectivity index (χ2n) is 4.60. The summed E-state index contributed by atoms with van der Waals surface area (Å²) in [6, 6.07) is 0. The Kier molecular flexibility index (Phi) is 7.14. The summed E-state index contributed by atoms with van der Waals surface area (Å²) in [5.74, 6) is 2.02. The Labute approximate surface area is 118 Å². The van der Waals surface area contributed by atoms with E-state index in [1.165, 1.54) is 11.5 Å². The summed E-state index contributed by atoms with van der Waals surface area (Å²) in [7, 11) is 1.90. The Morgan fingerprint density at radius 3 is 2.78 bits per heavy atom. The quantitative estimate of drug-likeness (QED) is 0.540. The lowest BCUT2D eigenvalue weighted by atomic mass is 9.96. The number of aromatic nitrogens is 2. The Bertz CT molecular complexity index is 340. The molecule has 0 saturated heterocycles. The molecular weight excluding hydrogens is 266 g/mol. The first-order chi connectivity index (χ1) is 8.63. The highest BCUT2D eigenvalue weighted by Gasteiger charge is 2.19. The van der Waals surface area contributed by atoms with Crippen LogP contribution in [0.5, 0.6) is 0 Å².